The van der Waals surface area contributed by atoms with Gasteiger partial charge in [0.05, 0.1) is 17.5 Å². The van der Waals surface area contributed by atoms with Crippen LogP contribution in [0.25, 0.3) is 0 Å². The normalized spacial score (nSPS) is 10.7. The van der Waals surface area contributed by atoms with Crippen LogP contribution < -0.4 is 0 Å². The van der Waals surface area contributed by atoms with Crippen LogP contribution in [0.1, 0.15) is 21.6 Å². The molecule has 2 heterocycles. The molecular weight excluding hydrogens is 228 g/mol. The summed E-state index contributed by atoms with van der Waals surface area (Å²) in [7, 11) is 1.75. The van der Waals surface area contributed by atoms with E-state index in [4.69, 9.17) is 16.0 Å². The highest BCUT2D eigenvalue weighted by atomic mass is 35.5. The van der Waals surface area contributed by atoms with Crippen molar-refractivity contribution in [1.82, 2.24) is 9.78 Å². The van der Waals surface area contributed by atoms with Gasteiger partial charge in [-0.05, 0) is 13.0 Å². The lowest BCUT2D eigenvalue weighted by Crippen LogP contribution is -2.03. The molecule has 5 heteroatoms. The standard InChI is InChI=1S/C11H11ClN2O2/c1-7-9(11(12)14(2)13-7)5-10(15)8-3-4-16-6-8/h3-4,6H,5H2,1-2H3. The summed E-state index contributed by atoms with van der Waals surface area (Å²) < 4.78 is 6.43. The fourth-order valence-electron chi connectivity index (χ4n) is 1.56. The largest absolute Gasteiger partial charge is 0.472 e. The fourth-order valence-corrected chi connectivity index (χ4v) is 1.80. The first-order chi connectivity index (χ1) is 7.59. The van der Waals surface area contributed by atoms with Gasteiger partial charge in [0.25, 0.3) is 0 Å². The molecule has 4 nitrogen and oxygen atoms in total. The van der Waals surface area contributed by atoms with Crippen molar-refractivity contribution in [3.05, 3.63) is 40.6 Å². The fraction of sp³-hybridized carbons (Fsp3) is 0.273. The Labute approximate surface area is 97.8 Å². The average Bonchev–Trinajstić information content (AvgIpc) is 2.83. The Morgan fingerprint density at radius 1 is 1.62 bits per heavy atom. The second kappa shape index (κ2) is 4.14. The van der Waals surface area contributed by atoms with Gasteiger partial charge in [0.15, 0.2) is 5.78 Å². The molecule has 2 aromatic heterocycles. The molecule has 0 radical (unpaired) electrons. The number of aromatic nitrogens is 2. The van der Waals surface area contributed by atoms with Crippen molar-refractivity contribution < 1.29 is 9.21 Å². The van der Waals surface area contributed by atoms with Gasteiger partial charge in [-0.3, -0.25) is 9.48 Å². The Hall–Kier alpha value is -1.55. The summed E-state index contributed by atoms with van der Waals surface area (Å²) in [5.41, 5.74) is 2.11. The van der Waals surface area contributed by atoms with Gasteiger partial charge in [-0.2, -0.15) is 5.10 Å². The summed E-state index contributed by atoms with van der Waals surface area (Å²) in [6, 6.07) is 1.64. The van der Waals surface area contributed by atoms with Gasteiger partial charge >= 0.3 is 0 Å². The number of aryl methyl sites for hydroxylation is 2. The highest BCUT2D eigenvalue weighted by molar-refractivity contribution is 6.30. The minimum atomic E-state index is -0.0215. The molecule has 0 aliphatic carbocycles. The third kappa shape index (κ3) is 1.88. The van der Waals surface area contributed by atoms with Gasteiger partial charge in [0.2, 0.25) is 0 Å². The minimum Gasteiger partial charge on any atom is -0.472 e. The Kier molecular flexibility index (Phi) is 2.83. The van der Waals surface area contributed by atoms with Crippen molar-refractivity contribution in [3.63, 3.8) is 0 Å². The molecule has 0 spiro atoms. The number of hydrogen-bond acceptors (Lipinski definition) is 3. The zero-order valence-electron chi connectivity index (χ0n) is 9.03. The van der Waals surface area contributed by atoms with Crippen molar-refractivity contribution in [2.45, 2.75) is 13.3 Å². The van der Waals surface area contributed by atoms with E-state index in [1.54, 1.807) is 17.8 Å². The van der Waals surface area contributed by atoms with Crippen molar-refractivity contribution in [2.75, 3.05) is 0 Å². The van der Waals surface area contributed by atoms with Crippen molar-refractivity contribution in [3.8, 4) is 0 Å². The number of ketones is 1. The summed E-state index contributed by atoms with van der Waals surface area (Å²) in [5, 5.41) is 4.66. The lowest BCUT2D eigenvalue weighted by Gasteiger charge is -1.98. The van der Waals surface area contributed by atoms with Gasteiger partial charge in [-0.25, -0.2) is 0 Å². The molecule has 0 unspecified atom stereocenters. The van der Waals surface area contributed by atoms with Crippen molar-refractivity contribution in [1.29, 1.82) is 0 Å². The molecule has 2 rings (SSSR count). The van der Waals surface area contributed by atoms with Crippen LogP contribution in [0.5, 0.6) is 0 Å². The molecular formula is C11H11ClN2O2. The number of carbonyl (C=O) groups excluding carboxylic acids is 1. The number of furan rings is 1. The second-order valence-corrected chi connectivity index (χ2v) is 3.95. The third-order valence-electron chi connectivity index (χ3n) is 2.45. The van der Waals surface area contributed by atoms with Crippen LogP contribution in [0.3, 0.4) is 0 Å². The van der Waals surface area contributed by atoms with Gasteiger partial charge in [-0.1, -0.05) is 11.6 Å². The quantitative estimate of drug-likeness (QED) is 0.772. The maximum absolute atomic E-state index is 11.8. The van der Waals surface area contributed by atoms with Crippen LogP contribution in [-0.4, -0.2) is 15.6 Å². The predicted octanol–water partition coefficient (Wildman–Crippen LogP) is 2.40. The molecule has 0 aromatic carbocycles. The molecule has 0 saturated carbocycles. The SMILES string of the molecule is Cc1nn(C)c(Cl)c1CC(=O)c1ccoc1. The molecule has 0 amide bonds. The van der Waals surface area contributed by atoms with Crippen LogP contribution in [0.15, 0.2) is 23.0 Å². The molecule has 0 aliphatic rings. The van der Waals surface area contributed by atoms with E-state index in [-0.39, 0.29) is 12.2 Å². The zero-order valence-corrected chi connectivity index (χ0v) is 9.78. The monoisotopic (exact) mass is 238 g/mol. The Morgan fingerprint density at radius 2 is 2.38 bits per heavy atom. The third-order valence-corrected chi connectivity index (χ3v) is 2.92. The van der Waals surface area contributed by atoms with Crippen LogP contribution >= 0.6 is 11.6 Å². The maximum Gasteiger partial charge on any atom is 0.170 e. The number of rotatable bonds is 3. The van der Waals surface area contributed by atoms with E-state index < -0.39 is 0 Å². The van der Waals surface area contributed by atoms with Crippen molar-refractivity contribution in [2.24, 2.45) is 7.05 Å². The van der Waals surface area contributed by atoms with E-state index in [2.05, 4.69) is 5.10 Å². The summed E-state index contributed by atoms with van der Waals surface area (Å²) in [5.74, 6) is -0.0215. The molecule has 16 heavy (non-hydrogen) atoms. The topological polar surface area (TPSA) is 48.0 Å². The molecule has 2 aromatic rings. The number of Topliss-reactive ketones (excluding diaryl/α,β-unsaturated/α-hetero) is 1. The van der Waals surface area contributed by atoms with E-state index in [1.807, 2.05) is 6.92 Å². The van der Waals surface area contributed by atoms with Gasteiger partial charge in [-0.15, -0.1) is 0 Å². The number of hydrogen-bond donors (Lipinski definition) is 0. The predicted molar refractivity (Wildman–Crippen MR) is 59.7 cm³/mol. The van der Waals surface area contributed by atoms with Crippen LogP contribution in [0.2, 0.25) is 5.15 Å². The molecule has 0 N–H and O–H groups in total. The lowest BCUT2D eigenvalue weighted by molar-refractivity contribution is 0.0992. The van der Waals surface area contributed by atoms with Crippen LogP contribution in [0, 0.1) is 6.92 Å². The first-order valence-corrected chi connectivity index (χ1v) is 5.20. The Bertz CT molecular complexity index is 514. The molecule has 84 valence electrons. The number of halogens is 1. The number of nitrogens with zero attached hydrogens (tertiary/aromatic N) is 2. The zero-order chi connectivity index (χ0) is 11.7. The maximum atomic E-state index is 11.8. The molecule has 0 atom stereocenters. The van der Waals surface area contributed by atoms with E-state index in [0.717, 1.165) is 11.3 Å². The summed E-state index contributed by atoms with van der Waals surface area (Å²) in [4.78, 5) is 11.8. The molecule has 0 fully saturated rings. The first kappa shape index (κ1) is 11.0. The highest BCUT2D eigenvalue weighted by Gasteiger charge is 2.16. The molecule has 0 saturated heterocycles. The molecule has 0 bridgehead atoms. The number of carbonyl (C=O) groups is 1. The molecule has 0 aliphatic heterocycles. The minimum absolute atomic E-state index is 0.0215. The van der Waals surface area contributed by atoms with Gasteiger partial charge in [0.1, 0.15) is 11.4 Å². The lowest BCUT2D eigenvalue weighted by atomic mass is 10.1. The van der Waals surface area contributed by atoms with Crippen molar-refractivity contribution >= 4 is 17.4 Å². The Morgan fingerprint density at radius 3 is 2.88 bits per heavy atom. The van der Waals surface area contributed by atoms with Gasteiger partial charge in [0, 0.05) is 19.0 Å². The van der Waals surface area contributed by atoms with Crippen LogP contribution in [-0.2, 0) is 13.5 Å². The van der Waals surface area contributed by atoms with Gasteiger partial charge < -0.3 is 4.42 Å². The average molecular weight is 239 g/mol. The highest BCUT2D eigenvalue weighted by Crippen LogP contribution is 2.20. The summed E-state index contributed by atoms with van der Waals surface area (Å²) in [6.45, 7) is 1.84. The smallest absolute Gasteiger partial charge is 0.170 e. The summed E-state index contributed by atoms with van der Waals surface area (Å²) >= 11 is 6.04. The van der Waals surface area contributed by atoms with E-state index in [1.165, 1.54) is 12.5 Å². The van der Waals surface area contributed by atoms with E-state index in [0.29, 0.717) is 10.7 Å². The van der Waals surface area contributed by atoms with E-state index in [9.17, 15) is 4.79 Å². The summed E-state index contributed by atoms with van der Waals surface area (Å²) in [6.07, 6.45) is 3.16. The van der Waals surface area contributed by atoms with Crippen LogP contribution in [0.4, 0.5) is 0 Å². The Balaban J connectivity index is 2.25. The first-order valence-electron chi connectivity index (χ1n) is 4.83. The van der Waals surface area contributed by atoms with E-state index >= 15 is 0 Å². The second-order valence-electron chi connectivity index (χ2n) is 3.59.